The van der Waals surface area contributed by atoms with Crippen molar-refractivity contribution in [1.29, 1.82) is 0 Å². The van der Waals surface area contributed by atoms with E-state index in [1.54, 1.807) is 38.1 Å². The van der Waals surface area contributed by atoms with Crippen molar-refractivity contribution in [3.05, 3.63) is 33.7 Å². The zero-order valence-electron chi connectivity index (χ0n) is 12.5. The van der Waals surface area contributed by atoms with Gasteiger partial charge in [-0.1, -0.05) is 17.7 Å². The van der Waals surface area contributed by atoms with Crippen LogP contribution in [0, 0.1) is 0 Å². The van der Waals surface area contributed by atoms with Crippen molar-refractivity contribution in [3.8, 4) is 5.75 Å². The Labute approximate surface area is 142 Å². The lowest BCUT2D eigenvalue weighted by Crippen LogP contribution is -2.34. The van der Waals surface area contributed by atoms with E-state index in [1.807, 2.05) is 0 Å². The lowest BCUT2D eigenvalue weighted by Gasteiger charge is -2.16. The molecule has 0 unspecified atom stereocenters. The van der Waals surface area contributed by atoms with Crippen molar-refractivity contribution in [2.75, 3.05) is 6.61 Å². The number of nitrogens with two attached hydrogens (primary N) is 1. The minimum atomic E-state index is -0.604. The molecule has 3 amide bonds. The highest BCUT2D eigenvalue weighted by Crippen LogP contribution is 2.34. The van der Waals surface area contributed by atoms with Gasteiger partial charge in [0.15, 0.2) is 6.61 Å². The summed E-state index contributed by atoms with van der Waals surface area (Å²) in [5.74, 6) is -0.606. The zero-order valence-corrected chi connectivity index (χ0v) is 14.1. The molecule has 2 N–H and O–H groups in total. The maximum absolute atomic E-state index is 12.2. The number of carbonyl (C=O) groups excluding carboxylic acids is 3. The van der Waals surface area contributed by atoms with Gasteiger partial charge in [-0.05, 0) is 49.4 Å². The third kappa shape index (κ3) is 4.05. The number of hydrogen-bond donors (Lipinski definition) is 1. The smallest absolute Gasteiger partial charge is 0.293 e. The normalized spacial score (nSPS) is 16.5. The predicted molar refractivity (Wildman–Crippen MR) is 89.1 cm³/mol. The minimum absolute atomic E-state index is 0.193. The number of halogens is 1. The second kappa shape index (κ2) is 7.06. The summed E-state index contributed by atoms with van der Waals surface area (Å²) >= 11 is 6.96. The molecule has 0 aliphatic carbocycles. The molecule has 23 heavy (non-hydrogen) atoms. The fourth-order valence-corrected chi connectivity index (χ4v) is 3.15. The van der Waals surface area contributed by atoms with Gasteiger partial charge in [0.05, 0.1) is 9.93 Å². The van der Waals surface area contributed by atoms with Gasteiger partial charge in [-0.25, -0.2) is 0 Å². The van der Waals surface area contributed by atoms with Crippen LogP contribution in [0.25, 0.3) is 6.08 Å². The Bertz CT molecular complexity index is 703. The van der Waals surface area contributed by atoms with E-state index >= 15 is 0 Å². The molecule has 0 atom stereocenters. The second-order valence-electron chi connectivity index (χ2n) is 5.09. The van der Waals surface area contributed by atoms with Gasteiger partial charge in [-0.15, -0.1) is 0 Å². The molecule has 1 aliphatic rings. The molecule has 1 aliphatic heterocycles. The van der Waals surface area contributed by atoms with Crippen LogP contribution in [0.4, 0.5) is 4.79 Å². The number of hydrogen-bond acceptors (Lipinski definition) is 5. The van der Waals surface area contributed by atoms with Crippen LogP contribution >= 0.6 is 23.4 Å². The summed E-state index contributed by atoms with van der Waals surface area (Å²) in [7, 11) is 0. The minimum Gasteiger partial charge on any atom is -0.482 e. The van der Waals surface area contributed by atoms with E-state index in [0.29, 0.717) is 16.2 Å². The van der Waals surface area contributed by atoms with Gasteiger partial charge in [0, 0.05) is 6.04 Å². The highest BCUT2D eigenvalue weighted by molar-refractivity contribution is 8.18. The Hall–Kier alpha value is -1.99. The van der Waals surface area contributed by atoms with E-state index in [4.69, 9.17) is 22.1 Å². The van der Waals surface area contributed by atoms with E-state index in [1.165, 1.54) is 4.90 Å². The van der Waals surface area contributed by atoms with E-state index in [2.05, 4.69) is 0 Å². The van der Waals surface area contributed by atoms with Crippen molar-refractivity contribution in [1.82, 2.24) is 4.90 Å². The fraction of sp³-hybridized carbons (Fsp3) is 0.267. The number of carbonyl (C=O) groups is 3. The van der Waals surface area contributed by atoms with Crippen LogP contribution in [0.15, 0.2) is 23.1 Å². The number of benzene rings is 1. The van der Waals surface area contributed by atoms with E-state index in [9.17, 15) is 14.4 Å². The van der Waals surface area contributed by atoms with Crippen molar-refractivity contribution < 1.29 is 19.1 Å². The Kier molecular flexibility index (Phi) is 5.33. The molecular formula is C15H15ClN2O4S. The third-order valence-electron chi connectivity index (χ3n) is 2.96. The van der Waals surface area contributed by atoms with Crippen molar-refractivity contribution in [3.63, 3.8) is 0 Å². The summed E-state index contributed by atoms with van der Waals surface area (Å²) in [4.78, 5) is 36.3. The molecule has 0 saturated carbocycles. The quantitative estimate of drug-likeness (QED) is 0.821. The van der Waals surface area contributed by atoms with Gasteiger partial charge >= 0.3 is 0 Å². The second-order valence-corrected chi connectivity index (χ2v) is 6.49. The standard InChI is InChI=1S/C15H15ClN2O4S/c1-8(2)18-14(20)12(23-15(18)21)6-9-3-4-11(10(16)5-9)22-7-13(17)19/h3-6,8H,7H2,1-2H3,(H2,17,19). The largest absolute Gasteiger partial charge is 0.482 e. The summed E-state index contributed by atoms with van der Waals surface area (Å²) < 4.78 is 5.15. The Morgan fingerprint density at radius 2 is 2.13 bits per heavy atom. The van der Waals surface area contributed by atoms with Crippen LogP contribution in [0.3, 0.4) is 0 Å². The summed E-state index contributed by atoms with van der Waals surface area (Å²) in [6.45, 7) is 3.29. The first-order valence-electron chi connectivity index (χ1n) is 6.77. The first kappa shape index (κ1) is 17.4. The molecule has 0 bridgehead atoms. The van der Waals surface area contributed by atoms with Crippen molar-refractivity contribution in [2.24, 2.45) is 5.73 Å². The van der Waals surface area contributed by atoms with Crippen LogP contribution < -0.4 is 10.5 Å². The lowest BCUT2D eigenvalue weighted by atomic mass is 10.2. The van der Waals surface area contributed by atoms with E-state index in [-0.39, 0.29) is 28.8 Å². The maximum atomic E-state index is 12.2. The predicted octanol–water partition coefficient (Wildman–Crippen LogP) is 2.65. The van der Waals surface area contributed by atoms with Crippen LogP contribution in [0.5, 0.6) is 5.75 Å². The molecule has 2 rings (SSSR count). The number of nitrogens with zero attached hydrogens (tertiary/aromatic N) is 1. The van der Waals surface area contributed by atoms with Gasteiger partial charge in [0.2, 0.25) is 0 Å². The van der Waals surface area contributed by atoms with Gasteiger partial charge in [0.1, 0.15) is 5.75 Å². The Morgan fingerprint density at radius 1 is 1.43 bits per heavy atom. The van der Waals surface area contributed by atoms with E-state index < -0.39 is 5.91 Å². The highest BCUT2D eigenvalue weighted by atomic mass is 35.5. The third-order valence-corrected chi connectivity index (χ3v) is 4.14. The van der Waals surface area contributed by atoms with Crippen molar-refractivity contribution in [2.45, 2.75) is 19.9 Å². The number of rotatable bonds is 5. The van der Waals surface area contributed by atoms with Gasteiger partial charge in [-0.3, -0.25) is 19.3 Å². The van der Waals surface area contributed by atoms with Crippen LogP contribution in [0.2, 0.25) is 5.02 Å². The highest BCUT2D eigenvalue weighted by Gasteiger charge is 2.36. The van der Waals surface area contributed by atoms with Crippen LogP contribution in [0.1, 0.15) is 19.4 Å². The average Bonchev–Trinajstić information content (AvgIpc) is 2.72. The summed E-state index contributed by atoms with van der Waals surface area (Å²) in [5, 5.41) is -0.00755. The molecule has 0 radical (unpaired) electrons. The number of imide groups is 1. The molecule has 8 heteroatoms. The van der Waals surface area contributed by atoms with Gasteiger partial charge < -0.3 is 10.5 Å². The molecule has 1 aromatic carbocycles. The first-order valence-corrected chi connectivity index (χ1v) is 7.96. The molecule has 1 aromatic rings. The van der Waals surface area contributed by atoms with Crippen LogP contribution in [-0.2, 0) is 9.59 Å². The average molecular weight is 355 g/mol. The van der Waals surface area contributed by atoms with Gasteiger partial charge in [0.25, 0.3) is 17.1 Å². The summed E-state index contributed by atoms with van der Waals surface area (Å²) in [5.41, 5.74) is 5.65. The molecule has 0 spiro atoms. The number of amides is 3. The lowest BCUT2D eigenvalue weighted by molar-refractivity contribution is -0.124. The Morgan fingerprint density at radius 3 is 2.65 bits per heavy atom. The molecule has 6 nitrogen and oxygen atoms in total. The fourth-order valence-electron chi connectivity index (χ4n) is 1.95. The monoisotopic (exact) mass is 354 g/mol. The maximum Gasteiger partial charge on any atom is 0.293 e. The van der Waals surface area contributed by atoms with Crippen molar-refractivity contribution >= 4 is 46.5 Å². The molecule has 122 valence electrons. The number of primary amides is 1. The summed E-state index contributed by atoms with van der Waals surface area (Å²) in [6.07, 6.45) is 1.59. The molecule has 1 heterocycles. The molecule has 0 aromatic heterocycles. The number of thioether (sulfide) groups is 1. The van der Waals surface area contributed by atoms with E-state index in [0.717, 1.165) is 11.8 Å². The molecule has 1 saturated heterocycles. The van der Waals surface area contributed by atoms with Gasteiger partial charge in [-0.2, -0.15) is 0 Å². The summed E-state index contributed by atoms with van der Waals surface area (Å²) in [6, 6.07) is 4.64. The zero-order chi connectivity index (χ0) is 17.1. The SMILES string of the molecule is CC(C)N1C(=O)SC(=Cc2ccc(OCC(N)=O)c(Cl)c2)C1=O. The molecule has 1 fully saturated rings. The Balaban J connectivity index is 2.20. The van der Waals surface area contributed by atoms with Crippen LogP contribution in [-0.4, -0.2) is 34.6 Å². The first-order chi connectivity index (χ1) is 10.8. The molecular weight excluding hydrogens is 340 g/mol. The number of ether oxygens (including phenoxy) is 1. The topological polar surface area (TPSA) is 89.7 Å².